The van der Waals surface area contributed by atoms with Crippen LogP contribution in [-0.2, 0) is 33.2 Å². The number of ether oxygens (including phenoxy) is 6. The highest BCUT2D eigenvalue weighted by molar-refractivity contribution is 5.76. The van der Waals surface area contributed by atoms with Crippen LogP contribution in [0.2, 0.25) is 0 Å². The van der Waals surface area contributed by atoms with Gasteiger partial charge in [-0.05, 0) is 44.9 Å². The summed E-state index contributed by atoms with van der Waals surface area (Å²) in [5.41, 5.74) is 0. The van der Waals surface area contributed by atoms with E-state index in [1.807, 2.05) is 6.08 Å². The average Bonchev–Trinajstić information content (AvgIpc) is 0.778. The number of nitrogens with one attached hydrogen (secondary N) is 1. The van der Waals surface area contributed by atoms with Crippen LogP contribution < -0.4 is 5.32 Å². The van der Waals surface area contributed by atoms with Gasteiger partial charge in [0.25, 0.3) is 0 Å². The lowest BCUT2D eigenvalue weighted by Gasteiger charge is -2.48. The first-order valence-corrected chi connectivity index (χ1v) is 49.1. The monoisotopic (exact) mass is 1640 g/mol. The maximum Gasteiger partial charge on any atom is 0.220 e. The molecule has 1 amide bonds. The van der Waals surface area contributed by atoms with E-state index in [-0.39, 0.29) is 18.9 Å². The number of aliphatic hydroxyl groups is 11. The molecule has 3 saturated heterocycles. The Hall–Kier alpha value is -1.73. The van der Waals surface area contributed by atoms with Crippen LogP contribution in [0.3, 0.4) is 0 Å². The summed E-state index contributed by atoms with van der Waals surface area (Å²) in [7, 11) is 0. The normalized spacial score (nSPS) is 24.6. The lowest BCUT2D eigenvalue weighted by atomic mass is 9.96. The molecule has 19 nitrogen and oxygen atoms in total. The topological polar surface area (TPSA) is 307 Å². The molecule has 0 aliphatic carbocycles. The molecule has 115 heavy (non-hydrogen) atoms. The van der Waals surface area contributed by atoms with Crippen LogP contribution in [-0.4, -0.2) is 193 Å². The van der Waals surface area contributed by atoms with Gasteiger partial charge in [-0.1, -0.05) is 423 Å². The molecular weight excluding hydrogens is 1460 g/mol. The van der Waals surface area contributed by atoms with Crippen LogP contribution in [0.1, 0.15) is 450 Å². The molecule has 3 aliphatic rings. The molecule has 3 aliphatic heterocycles. The predicted molar refractivity (Wildman–Crippen MR) is 467 cm³/mol. The Morgan fingerprint density at radius 1 is 0.304 bits per heavy atom. The van der Waals surface area contributed by atoms with E-state index in [2.05, 4.69) is 31.3 Å². The highest BCUT2D eigenvalue weighted by Crippen LogP contribution is 2.34. The fourth-order valence-electron chi connectivity index (χ4n) is 17.0. The number of hydrogen-bond donors (Lipinski definition) is 12. The quantitative estimate of drug-likeness (QED) is 0.0199. The smallest absolute Gasteiger partial charge is 0.220 e. The maximum atomic E-state index is 13.5. The Morgan fingerprint density at radius 2 is 0.548 bits per heavy atom. The number of hydrogen-bond acceptors (Lipinski definition) is 18. The highest BCUT2D eigenvalue weighted by Gasteiger charge is 2.54. The molecule has 0 saturated carbocycles. The third-order valence-electron chi connectivity index (χ3n) is 24.7. The molecule has 3 fully saturated rings. The van der Waals surface area contributed by atoms with Gasteiger partial charge >= 0.3 is 0 Å². The predicted octanol–water partition coefficient (Wildman–Crippen LogP) is 20.0. The lowest BCUT2D eigenvalue weighted by molar-refractivity contribution is -0.379. The zero-order chi connectivity index (χ0) is 83.1. The van der Waals surface area contributed by atoms with Crippen LogP contribution >= 0.6 is 0 Å². The molecule has 19 heteroatoms. The minimum atomic E-state index is -1.98. The Balaban J connectivity index is 1.28. The Morgan fingerprint density at radius 3 is 0.843 bits per heavy atom. The standard InChI is InChI=1S/C96H183NO18/c1-3-5-7-9-11-13-15-17-19-21-23-25-27-29-31-33-34-35-36-37-38-39-40-41-42-43-44-46-48-50-52-54-56-58-60-62-64-66-68-70-72-74-84(102)97-79(80(101)73-71-69-67-65-63-61-59-57-55-53-51-49-47-45-32-30-28-26-24-22-20-18-16-14-12-10-8-6-4-2)78-110-94-90(108)87(105)92(82(76-99)112-94)115-96-91(109)88(106)93(83(77-100)113-96)114-95-89(107)86(104)85(103)81(75-98)111-95/h21,23,71,73,79-83,85-96,98-101,103-109H,3-20,22,24-70,72,74-78H2,1-2H3,(H,97,102)/b23-21-,73-71+. The second-order valence-corrected chi connectivity index (χ2v) is 35.2. The van der Waals surface area contributed by atoms with E-state index < -0.39 is 124 Å². The number of amides is 1. The van der Waals surface area contributed by atoms with Crippen LogP contribution in [0.25, 0.3) is 0 Å². The summed E-state index contributed by atoms with van der Waals surface area (Å²) < 4.78 is 34.6. The average molecular weight is 1640 g/mol. The summed E-state index contributed by atoms with van der Waals surface area (Å²) in [4.78, 5) is 13.5. The van der Waals surface area contributed by atoms with Crippen LogP contribution in [0, 0.1) is 0 Å². The van der Waals surface area contributed by atoms with Gasteiger partial charge in [0.1, 0.15) is 73.2 Å². The van der Waals surface area contributed by atoms with E-state index in [4.69, 9.17) is 28.4 Å². The van der Waals surface area contributed by atoms with Gasteiger partial charge in [-0.3, -0.25) is 4.79 Å². The molecule has 0 aromatic heterocycles. The van der Waals surface area contributed by atoms with Crippen LogP contribution in [0.15, 0.2) is 24.3 Å². The molecule has 3 rings (SSSR count). The second kappa shape index (κ2) is 76.0. The van der Waals surface area contributed by atoms with E-state index in [1.54, 1.807) is 6.08 Å². The number of aliphatic hydroxyl groups excluding tert-OH is 11. The van der Waals surface area contributed by atoms with Crippen molar-refractivity contribution in [2.45, 2.75) is 555 Å². The maximum absolute atomic E-state index is 13.5. The third-order valence-corrected chi connectivity index (χ3v) is 24.7. The fraction of sp³-hybridized carbons (Fsp3) is 0.948. The van der Waals surface area contributed by atoms with Crippen molar-refractivity contribution < 1.29 is 89.4 Å². The minimum absolute atomic E-state index is 0.250. The van der Waals surface area contributed by atoms with E-state index in [9.17, 15) is 61.0 Å². The molecule has 12 N–H and O–H groups in total. The van der Waals surface area contributed by atoms with Crippen molar-refractivity contribution >= 4 is 5.91 Å². The van der Waals surface area contributed by atoms with Gasteiger partial charge in [-0.2, -0.15) is 0 Å². The fourth-order valence-corrected chi connectivity index (χ4v) is 17.0. The zero-order valence-corrected chi connectivity index (χ0v) is 73.8. The zero-order valence-electron chi connectivity index (χ0n) is 73.8. The van der Waals surface area contributed by atoms with E-state index in [0.29, 0.717) is 6.42 Å². The molecular formula is C96H183NO18. The number of carbonyl (C=O) groups is 1. The van der Waals surface area contributed by atoms with E-state index in [1.165, 1.54) is 379 Å². The Labute approximate surface area is 702 Å². The third kappa shape index (κ3) is 53.8. The number of carbonyl (C=O) groups excluding carboxylic acids is 1. The highest BCUT2D eigenvalue weighted by atomic mass is 16.8. The first kappa shape index (κ1) is 107. The van der Waals surface area contributed by atoms with Gasteiger partial charge in [-0.15, -0.1) is 0 Å². The molecule has 0 bridgehead atoms. The summed E-state index contributed by atoms with van der Waals surface area (Å²) in [6, 6.07) is -0.973. The van der Waals surface area contributed by atoms with Crippen molar-refractivity contribution in [2.24, 2.45) is 0 Å². The SMILES string of the molecule is CCCCCCCCCC/C=C\CCCCCCCCCCCCCCCCCCCCCCCCCCCCCCCC(=O)NC(COC1OC(CO)C(OC2OC(CO)C(OC3OC(CO)C(O)C(O)C3O)C(O)C2O)C(O)C1O)C(O)/C=C/CCCCCCCCCCCCCCCCCCCCCCCCCCCCC. The van der Waals surface area contributed by atoms with Crippen molar-refractivity contribution in [1.29, 1.82) is 0 Å². The Bertz CT molecular complexity index is 2160. The first-order valence-electron chi connectivity index (χ1n) is 49.1. The van der Waals surface area contributed by atoms with Crippen molar-refractivity contribution in [3.05, 3.63) is 24.3 Å². The lowest BCUT2D eigenvalue weighted by Crippen LogP contribution is -2.66. The number of unbranched alkanes of at least 4 members (excludes halogenated alkanes) is 64. The molecule has 0 aromatic carbocycles. The Kier molecular flexibility index (Phi) is 71.0. The molecule has 17 unspecified atom stereocenters. The van der Waals surface area contributed by atoms with Crippen molar-refractivity contribution in [1.82, 2.24) is 5.32 Å². The van der Waals surface area contributed by atoms with Crippen LogP contribution in [0.5, 0.6) is 0 Å². The number of rotatable bonds is 82. The molecule has 0 spiro atoms. The minimum Gasteiger partial charge on any atom is -0.394 e. The molecule has 680 valence electrons. The summed E-state index contributed by atoms with van der Waals surface area (Å²) in [6.45, 7) is 1.82. The van der Waals surface area contributed by atoms with Crippen molar-refractivity contribution in [3.8, 4) is 0 Å². The largest absolute Gasteiger partial charge is 0.394 e. The summed E-state index contributed by atoms with van der Waals surface area (Å²) in [6.07, 6.45) is 70.8. The summed E-state index contributed by atoms with van der Waals surface area (Å²) in [5, 5.41) is 121. The van der Waals surface area contributed by atoms with Gasteiger partial charge in [0.15, 0.2) is 18.9 Å². The molecule has 17 atom stereocenters. The van der Waals surface area contributed by atoms with Crippen molar-refractivity contribution in [3.63, 3.8) is 0 Å². The van der Waals surface area contributed by atoms with Crippen molar-refractivity contribution in [2.75, 3.05) is 26.4 Å². The van der Waals surface area contributed by atoms with Gasteiger partial charge in [0, 0.05) is 6.42 Å². The van der Waals surface area contributed by atoms with Gasteiger partial charge in [0.05, 0.1) is 38.6 Å². The molecule has 3 heterocycles. The number of allylic oxidation sites excluding steroid dienone is 3. The van der Waals surface area contributed by atoms with E-state index in [0.717, 1.165) is 44.9 Å². The van der Waals surface area contributed by atoms with Gasteiger partial charge < -0.3 is 89.9 Å². The first-order chi connectivity index (χ1) is 56.3. The summed E-state index contributed by atoms with van der Waals surface area (Å²) in [5.74, 6) is -0.264. The molecule has 0 aromatic rings. The summed E-state index contributed by atoms with van der Waals surface area (Å²) >= 11 is 0. The molecule has 0 radical (unpaired) electrons. The van der Waals surface area contributed by atoms with Crippen LogP contribution in [0.4, 0.5) is 0 Å². The van der Waals surface area contributed by atoms with Gasteiger partial charge in [0.2, 0.25) is 5.91 Å². The van der Waals surface area contributed by atoms with Gasteiger partial charge in [-0.25, -0.2) is 0 Å². The van der Waals surface area contributed by atoms with E-state index >= 15 is 0 Å². The second-order valence-electron chi connectivity index (χ2n) is 35.2.